The summed E-state index contributed by atoms with van der Waals surface area (Å²) in [7, 11) is -2.12. The van der Waals surface area contributed by atoms with Gasteiger partial charge >= 0.3 is 0 Å². The number of carbonyl (C=O) groups is 1. The number of sulfonamides is 1. The average Bonchev–Trinajstić information content (AvgIpc) is 3.33. The topological polar surface area (TPSA) is 87.7 Å². The molecule has 0 radical (unpaired) electrons. The summed E-state index contributed by atoms with van der Waals surface area (Å²) in [5.74, 6) is 0.757. The number of halogens is 1. The van der Waals surface area contributed by atoms with E-state index in [-0.39, 0.29) is 29.0 Å². The molecular weight excluding hydrogens is 390 g/mol. The van der Waals surface area contributed by atoms with Crippen LogP contribution in [0.15, 0.2) is 23.1 Å². The van der Waals surface area contributed by atoms with E-state index < -0.39 is 10.0 Å². The van der Waals surface area contributed by atoms with E-state index >= 15 is 0 Å². The second kappa shape index (κ2) is 9.73. The molecule has 2 saturated heterocycles. The van der Waals surface area contributed by atoms with E-state index in [1.165, 1.54) is 17.5 Å². The Morgan fingerprint density at radius 2 is 2.07 bits per heavy atom. The van der Waals surface area contributed by atoms with Gasteiger partial charge in [0.25, 0.3) is 0 Å². The average molecular weight is 418 g/mol. The van der Waals surface area contributed by atoms with Crippen LogP contribution in [0.5, 0.6) is 5.75 Å². The standard InChI is InChI=1S/C18H27N3O4S.ClH/c1-25-16-12-15(20-18(22)7-4-14-8-9-19-13-14)5-6-17(16)26(23,24)21-10-2-3-11-21;/h5-6,12,14,19H,2-4,7-11,13H2,1H3,(H,20,22);1H. The molecule has 0 spiro atoms. The molecule has 3 rings (SSSR count). The van der Waals surface area contributed by atoms with Gasteiger partial charge in [0.2, 0.25) is 15.9 Å². The maximum atomic E-state index is 12.7. The highest BCUT2D eigenvalue weighted by molar-refractivity contribution is 7.89. The molecule has 1 aromatic carbocycles. The van der Waals surface area contributed by atoms with Crippen molar-refractivity contribution in [2.75, 3.05) is 38.6 Å². The summed E-state index contributed by atoms with van der Waals surface area (Å²) < 4.78 is 32.3. The van der Waals surface area contributed by atoms with E-state index in [1.54, 1.807) is 12.1 Å². The molecule has 1 amide bonds. The van der Waals surface area contributed by atoms with Crippen LogP contribution in [0.3, 0.4) is 0 Å². The van der Waals surface area contributed by atoms with Gasteiger partial charge in [0.05, 0.1) is 7.11 Å². The minimum absolute atomic E-state index is 0. The summed E-state index contributed by atoms with van der Waals surface area (Å²) in [6.45, 7) is 3.08. The Morgan fingerprint density at radius 1 is 1.33 bits per heavy atom. The summed E-state index contributed by atoms with van der Waals surface area (Å²) in [6.07, 6.45) is 4.20. The monoisotopic (exact) mass is 417 g/mol. The lowest BCUT2D eigenvalue weighted by Crippen LogP contribution is -2.28. The first-order chi connectivity index (χ1) is 12.5. The number of hydrogen-bond donors (Lipinski definition) is 2. The van der Waals surface area contributed by atoms with Crippen LogP contribution in [-0.2, 0) is 14.8 Å². The van der Waals surface area contributed by atoms with Crippen molar-refractivity contribution in [3.8, 4) is 5.75 Å². The van der Waals surface area contributed by atoms with E-state index in [4.69, 9.17) is 4.74 Å². The molecule has 0 saturated carbocycles. The fourth-order valence-electron chi connectivity index (χ4n) is 3.55. The molecule has 9 heteroatoms. The highest BCUT2D eigenvalue weighted by Crippen LogP contribution is 2.31. The van der Waals surface area contributed by atoms with Crippen molar-refractivity contribution in [3.63, 3.8) is 0 Å². The van der Waals surface area contributed by atoms with Crippen LogP contribution in [-0.4, -0.2) is 51.9 Å². The van der Waals surface area contributed by atoms with Gasteiger partial charge in [0.1, 0.15) is 10.6 Å². The zero-order chi connectivity index (χ0) is 18.6. The largest absolute Gasteiger partial charge is 0.495 e. The number of amides is 1. The molecule has 2 fully saturated rings. The third kappa shape index (κ3) is 5.34. The van der Waals surface area contributed by atoms with E-state index in [9.17, 15) is 13.2 Å². The molecular formula is C18H28ClN3O4S. The summed E-state index contributed by atoms with van der Waals surface area (Å²) in [4.78, 5) is 12.3. The Morgan fingerprint density at radius 3 is 2.70 bits per heavy atom. The van der Waals surface area contributed by atoms with E-state index in [1.807, 2.05) is 0 Å². The molecule has 1 unspecified atom stereocenters. The van der Waals surface area contributed by atoms with Crippen LogP contribution in [0.25, 0.3) is 0 Å². The molecule has 2 aliphatic heterocycles. The van der Waals surface area contributed by atoms with E-state index in [0.29, 0.717) is 31.1 Å². The van der Waals surface area contributed by atoms with Crippen LogP contribution in [0.2, 0.25) is 0 Å². The van der Waals surface area contributed by atoms with E-state index in [2.05, 4.69) is 10.6 Å². The van der Waals surface area contributed by atoms with Crippen molar-refractivity contribution in [3.05, 3.63) is 18.2 Å². The Balaban J connectivity index is 0.00000261. The van der Waals surface area contributed by atoms with Crippen LogP contribution in [0.4, 0.5) is 5.69 Å². The normalized spacial score (nSPS) is 20.3. The van der Waals surface area contributed by atoms with Gasteiger partial charge in [0, 0.05) is 31.3 Å². The molecule has 0 aromatic heterocycles. The number of ether oxygens (including phenoxy) is 1. The molecule has 0 aliphatic carbocycles. The number of methoxy groups -OCH3 is 1. The highest BCUT2D eigenvalue weighted by Gasteiger charge is 2.30. The number of anilines is 1. The first kappa shape index (κ1) is 21.9. The Hall–Kier alpha value is -1.35. The number of hydrogen-bond acceptors (Lipinski definition) is 5. The lowest BCUT2D eigenvalue weighted by molar-refractivity contribution is -0.116. The van der Waals surface area contributed by atoms with Gasteiger partial charge in [-0.25, -0.2) is 8.42 Å². The molecule has 27 heavy (non-hydrogen) atoms. The zero-order valence-electron chi connectivity index (χ0n) is 15.6. The van der Waals surface area contributed by atoms with Crippen LogP contribution < -0.4 is 15.4 Å². The van der Waals surface area contributed by atoms with Gasteiger partial charge in [-0.3, -0.25) is 4.79 Å². The van der Waals surface area contributed by atoms with Crippen LogP contribution in [0, 0.1) is 5.92 Å². The van der Waals surface area contributed by atoms with Crippen molar-refractivity contribution in [2.45, 2.75) is 37.0 Å². The SMILES string of the molecule is COc1cc(NC(=O)CCC2CCNC2)ccc1S(=O)(=O)N1CCCC1.Cl. The minimum atomic E-state index is -3.56. The molecule has 2 N–H and O–H groups in total. The third-order valence-corrected chi connectivity index (χ3v) is 7.01. The molecule has 2 aliphatic rings. The fourth-order valence-corrected chi connectivity index (χ4v) is 5.20. The number of nitrogens with zero attached hydrogens (tertiary/aromatic N) is 1. The highest BCUT2D eigenvalue weighted by atomic mass is 35.5. The summed E-state index contributed by atoms with van der Waals surface area (Å²) in [6, 6.07) is 4.72. The fraction of sp³-hybridized carbons (Fsp3) is 0.611. The van der Waals surface area contributed by atoms with Crippen LogP contribution >= 0.6 is 12.4 Å². The minimum Gasteiger partial charge on any atom is -0.495 e. The number of carbonyl (C=O) groups excluding carboxylic acids is 1. The molecule has 0 bridgehead atoms. The smallest absolute Gasteiger partial charge is 0.246 e. The first-order valence-corrected chi connectivity index (χ1v) is 10.6. The quantitative estimate of drug-likeness (QED) is 0.710. The Kier molecular flexibility index (Phi) is 7.91. The number of rotatable bonds is 7. The zero-order valence-corrected chi connectivity index (χ0v) is 17.2. The van der Waals surface area contributed by atoms with Crippen molar-refractivity contribution in [2.24, 2.45) is 5.92 Å². The van der Waals surface area contributed by atoms with Gasteiger partial charge in [-0.15, -0.1) is 12.4 Å². The van der Waals surface area contributed by atoms with Gasteiger partial charge in [0.15, 0.2) is 0 Å². The number of benzene rings is 1. The van der Waals surface area contributed by atoms with Gasteiger partial charge in [-0.1, -0.05) is 0 Å². The first-order valence-electron chi connectivity index (χ1n) is 9.19. The second-order valence-electron chi connectivity index (χ2n) is 6.92. The Labute approximate surface area is 167 Å². The van der Waals surface area contributed by atoms with Crippen LogP contribution in [0.1, 0.15) is 32.1 Å². The van der Waals surface area contributed by atoms with Gasteiger partial charge in [-0.05, 0) is 56.8 Å². The van der Waals surface area contributed by atoms with Crippen molar-refractivity contribution < 1.29 is 17.9 Å². The molecule has 1 atom stereocenters. The summed E-state index contributed by atoms with van der Waals surface area (Å²) >= 11 is 0. The predicted molar refractivity (Wildman–Crippen MR) is 107 cm³/mol. The molecule has 2 heterocycles. The van der Waals surface area contributed by atoms with E-state index in [0.717, 1.165) is 38.8 Å². The lowest BCUT2D eigenvalue weighted by atomic mass is 10.0. The summed E-state index contributed by atoms with van der Waals surface area (Å²) in [5, 5.41) is 6.14. The lowest BCUT2D eigenvalue weighted by Gasteiger charge is -2.18. The Bertz CT molecular complexity index is 745. The number of nitrogens with one attached hydrogen (secondary N) is 2. The molecule has 7 nitrogen and oxygen atoms in total. The van der Waals surface area contributed by atoms with Gasteiger partial charge < -0.3 is 15.4 Å². The van der Waals surface area contributed by atoms with Crippen molar-refractivity contribution >= 4 is 34.0 Å². The summed E-state index contributed by atoms with van der Waals surface area (Å²) in [5.41, 5.74) is 0.553. The third-order valence-electron chi connectivity index (χ3n) is 5.07. The maximum Gasteiger partial charge on any atom is 0.246 e. The molecule has 1 aromatic rings. The predicted octanol–water partition coefficient (Wildman–Crippen LogP) is 2.23. The second-order valence-corrected chi connectivity index (χ2v) is 8.83. The molecule has 152 valence electrons. The van der Waals surface area contributed by atoms with Crippen molar-refractivity contribution in [1.29, 1.82) is 0 Å². The maximum absolute atomic E-state index is 12.7. The van der Waals surface area contributed by atoms with Gasteiger partial charge in [-0.2, -0.15) is 4.31 Å². The van der Waals surface area contributed by atoms with Crippen molar-refractivity contribution in [1.82, 2.24) is 9.62 Å².